The molecule has 1 aliphatic rings. The lowest BCUT2D eigenvalue weighted by molar-refractivity contribution is -0.122. The van der Waals surface area contributed by atoms with Crippen LogP contribution < -0.4 is 16.2 Å². The van der Waals surface area contributed by atoms with Gasteiger partial charge >= 0.3 is 0 Å². The summed E-state index contributed by atoms with van der Waals surface area (Å²) in [6.45, 7) is 0.194. The Balaban J connectivity index is 1.46. The molecule has 1 heterocycles. The van der Waals surface area contributed by atoms with Gasteiger partial charge in [0.25, 0.3) is 5.91 Å². The van der Waals surface area contributed by atoms with Gasteiger partial charge in [0.2, 0.25) is 0 Å². The number of nitrogens with one attached hydrogen (secondary N) is 3. The number of hydrogen-bond donors (Lipinski definition) is 3. The molecular formula is C16H21N5OS. The normalized spacial score (nSPS) is 15.3. The molecule has 2 aromatic rings. The first-order valence-corrected chi connectivity index (χ1v) is 8.38. The monoisotopic (exact) mass is 331 g/mol. The van der Waals surface area contributed by atoms with Crippen molar-refractivity contribution in [2.24, 2.45) is 0 Å². The molecule has 3 N–H and O–H groups in total. The van der Waals surface area contributed by atoms with Gasteiger partial charge in [0, 0.05) is 6.04 Å². The zero-order valence-corrected chi connectivity index (χ0v) is 13.7. The summed E-state index contributed by atoms with van der Waals surface area (Å²) in [5.74, 6) is -0.166. The third-order valence-corrected chi connectivity index (χ3v) is 4.32. The minimum absolute atomic E-state index is 0.166. The van der Waals surface area contributed by atoms with Crippen LogP contribution in [0.3, 0.4) is 0 Å². The number of amides is 1. The Morgan fingerprint density at radius 1 is 1.22 bits per heavy atom. The highest BCUT2D eigenvalue weighted by Gasteiger charge is 2.14. The Labute approximate surface area is 140 Å². The van der Waals surface area contributed by atoms with Crippen LogP contribution in [0.2, 0.25) is 0 Å². The van der Waals surface area contributed by atoms with Gasteiger partial charge in [-0.15, -0.1) is 0 Å². The summed E-state index contributed by atoms with van der Waals surface area (Å²) in [7, 11) is 0. The van der Waals surface area contributed by atoms with Crippen molar-refractivity contribution in [2.45, 2.75) is 44.7 Å². The van der Waals surface area contributed by atoms with E-state index in [1.165, 1.54) is 19.3 Å². The van der Waals surface area contributed by atoms with Crippen LogP contribution in [0.1, 0.15) is 32.1 Å². The lowest BCUT2D eigenvalue weighted by Crippen LogP contribution is -2.50. The molecule has 1 fully saturated rings. The van der Waals surface area contributed by atoms with Crippen molar-refractivity contribution in [1.82, 2.24) is 25.7 Å². The molecule has 3 rings (SSSR count). The second-order valence-corrected chi connectivity index (χ2v) is 6.25. The summed E-state index contributed by atoms with van der Waals surface area (Å²) < 4.78 is 1.81. The molecule has 122 valence electrons. The SMILES string of the molecule is O=C(Cn1cnc2ccccc21)NNC(=S)NC1CCCCC1. The quantitative estimate of drug-likeness (QED) is 0.592. The number of hydrazine groups is 1. The van der Waals surface area contributed by atoms with Crippen LogP contribution in [0.15, 0.2) is 30.6 Å². The second-order valence-electron chi connectivity index (χ2n) is 5.84. The molecule has 1 saturated carbocycles. The van der Waals surface area contributed by atoms with Gasteiger partial charge in [-0.3, -0.25) is 15.6 Å². The summed E-state index contributed by atoms with van der Waals surface area (Å²) in [5, 5.41) is 3.72. The van der Waals surface area contributed by atoms with Gasteiger partial charge in [-0.2, -0.15) is 0 Å². The topological polar surface area (TPSA) is 71.0 Å². The molecule has 0 bridgehead atoms. The lowest BCUT2D eigenvalue weighted by Gasteiger charge is -2.24. The third kappa shape index (κ3) is 4.19. The number of carbonyl (C=O) groups excluding carboxylic acids is 1. The highest BCUT2D eigenvalue weighted by molar-refractivity contribution is 7.80. The van der Waals surface area contributed by atoms with E-state index in [0.29, 0.717) is 11.2 Å². The average molecular weight is 331 g/mol. The maximum Gasteiger partial charge on any atom is 0.258 e. The molecule has 0 spiro atoms. The molecule has 0 unspecified atom stereocenters. The fourth-order valence-corrected chi connectivity index (χ4v) is 3.14. The molecule has 0 aliphatic heterocycles. The van der Waals surface area contributed by atoms with E-state index >= 15 is 0 Å². The fraction of sp³-hybridized carbons (Fsp3) is 0.438. The van der Waals surface area contributed by atoms with E-state index in [9.17, 15) is 4.79 Å². The molecule has 0 saturated heterocycles. The van der Waals surface area contributed by atoms with Gasteiger partial charge in [-0.1, -0.05) is 31.4 Å². The van der Waals surface area contributed by atoms with E-state index in [1.807, 2.05) is 28.8 Å². The molecule has 1 aliphatic carbocycles. The molecule has 1 aromatic carbocycles. The lowest BCUT2D eigenvalue weighted by atomic mass is 9.96. The summed E-state index contributed by atoms with van der Waals surface area (Å²) in [6.07, 6.45) is 7.71. The van der Waals surface area contributed by atoms with Crippen LogP contribution in [0.4, 0.5) is 0 Å². The van der Waals surface area contributed by atoms with E-state index in [4.69, 9.17) is 12.2 Å². The number of hydrogen-bond acceptors (Lipinski definition) is 3. The first-order chi connectivity index (χ1) is 11.2. The van der Waals surface area contributed by atoms with E-state index < -0.39 is 0 Å². The standard InChI is InChI=1S/C16H21N5OS/c22-15(10-21-11-17-13-8-4-5-9-14(13)21)19-20-16(23)18-12-6-2-1-3-7-12/h4-5,8-9,11-12H,1-3,6-7,10H2,(H,19,22)(H2,18,20,23). The Morgan fingerprint density at radius 2 is 2.00 bits per heavy atom. The molecule has 0 radical (unpaired) electrons. The van der Waals surface area contributed by atoms with Crippen LogP contribution >= 0.6 is 12.2 Å². The number of aromatic nitrogens is 2. The number of carbonyl (C=O) groups is 1. The van der Waals surface area contributed by atoms with Crippen LogP contribution in [0, 0.1) is 0 Å². The van der Waals surface area contributed by atoms with Crippen LogP contribution in [0.25, 0.3) is 11.0 Å². The number of imidazole rings is 1. The van der Waals surface area contributed by atoms with Crippen molar-refractivity contribution < 1.29 is 4.79 Å². The Morgan fingerprint density at radius 3 is 2.83 bits per heavy atom. The van der Waals surface area contributed by atoms with Gasteiger partial charge in [-0.25, -0.2) is 4.98 Å². The largest absolute Gasteiger partial charge is 0.359 e. The fourth-order valence-electron chi connectivity index (χ4n) is 2.93. The van der Waals surface area contributed by atoms with Crippen LogP contribution in [-0.4, -0.2) is 26.6 Å². The summed E-state index contributed by atoms with van der Waals surface area (Å²) in [5.41, 5.74) is 7.22. The first kappa shape index (κ1) is 15.7. The molecule has 1 amide bonds. The summed E-state index contributed by atoms with van der Waals surface area (Å²) in [4.78, 5) is 16.3. The number of para-hydroxylation sites is 2. The predicted molar refractivity (Wildman–Crippen MR) is 93.6 cm³/mol. The third-order valence-electron chi connectivity index (χ3n) is 4.10. The van der Waals surface area contributed by atoms with Gasteiger partial charge < -0.3 is 9.88 Å². The van der Waals surface area contributed by atoms with Gasteiger partial charge in [-0.05, 0) is 37.2 Å². The molecule has 23 heavy (non-hydrogen) atoms. The number of thiocarbonyl (C=S) groups is 1. The van der Waals surface area contributed by atoms with Crippen molar-refractivity contribution in [3.8, 4) is 0 Å². The Bertz CT molecular complexity index is 693. The smallest absolute Gasteiger partial charge is 0.258 e. The number of rotatable bonds is 3. The van der Waals surface area contributed by atoms with Crippen molar-refractivity contribution >= 4 is 34.3 Å². The van der Waals surface area contributed by atoms with E-state index in [-0.39, 0.29) is 12.5 Å². The summed E-state index contributed by atoms with van der Waals surface area (Å²) in [6, 6.07) is 8.14. The average Bonchev–Trinajstić information content (AvgIpc) is 2.97. The van der Waals surface area contributed by atoms with Crippen molar-refractivity contribution in [1.29, 1.82) is 0 Å². The maximum absolute atomic E-state index is 12.0. The number of benzene rings is 1. The first-order valence-electron chi connectivity index (χ1n) is 7.97. The van der Waals surface area contributed by atoms with Crippen molar-refractivity contribution in [3.63, 3.8) is 0 Å². The highest BCUT2D eigenvalue weighted by Crippen LogP contribution is 2.17. The molecular weight excluding hydrogens is 310 g/mol. The molecule has 6 nitrogen and oxygen atoms in total. The van der Waals surface area contributed by atoms with Crippen LogP contribution in [-0.2, 0) is 11.3 Å². The number of nitrogens with zero attached hydrogens (tertiary/aromatic N) is 2. The molecule has 7 heteroatoms. The van der Waals surface area contributed by atoms with E-state index in [2.05, 4.69) is 21.2 Å². The Hall–Kier alpha value is -2.15. The van der Waals surface area contributed by atoms with E-state index in [0.717, 1.165) is 23.9 Å². The minimum atomic E-state index is -0.166. The summed E-state index contributed by atoms with van der Waals surface area (Å²) >= 11 is 5.22. The van der Waals surface area contributed by atoms with Crippen LogP contribution in [0.5, 0.6) is 0 Å². The minimum Gasteiger partial charge on any atom is -0.359 e. The van der Waals surface area contributed by atoms with Gasteiger partial charge in [0.05, 0.1) is 17.4 Å². The predicted octanol–water partition coefficient (Wildman–Crippen LogP) is 1.86. The zero-order chi connectivity index (χ0) is 16.1. The second kappa shape index (κ2) is 7.41. The van der Waals surface area contributed by atoms with Crippen molar-refractivity contribution in [2.75, 3.05) is 0 Å². The van der Waals surface area contributed by atoms with Crippen molar-refractivity contribution in [3.05, 3.63) is 30.6 Å². The van der Waals surface area contributed by atoms with Gasteiger partial charge in [0.15, 0.2) is 5.11 Å². The van der Waals surface area contributed by atoms with Gasteiger partial charge in [0.1, 0.15) is 6.54 Å². The highest BCUT2D eigenvalue weighted by atomic mass is 32.1. The number of fused-ring (bicyclic) bond motifs is 1. The molecule has 0 atom stereocenters. The molecule has 1 aromatic heterocycles. The Kier molecular flexibility index (Phi) is 5.07. The maximum atomic E-state index is 12.0. The zero-order valence-electron chi connectivity index (χ0n) is 12.9. The van der Waals surface area contributed by atoms with E-state index in [1.54, 1.807) is 6.33 Å².